The van der Waals surface area contributed by atoms with E-state index in [2.05, 4.69) is 10.6 Å². The molecule has 27 heavy (non-hydrogen) atoms. The summed E-state index contributed by atoms with van der Waals surface area (Å²) >= 11 is 12.4. The Hall–Kier alpha value is -2.04. The van der Waals surface area contributed by atoms with Crippen LogP contribution < -0.4 is 10.6 Å². The molecule has 1 spiro atoms. The molecule has 1 fully saturated rings. The Morgan fingerprint density at radius 3 is 2.52 bits per heavy atom. The predicted octanol–water partition coefficient (Wildman–Crippen LogP) is 4.51. The summed E-state index contributed by atoms with van der Waals surface area (Å²) < 4.78 is 0. The zero-order valence-corrected chi connectivity index (χ0v) is 16.6. The van der Waals surface area contributed by atoms with Crippen LogP contribution in [0.3, 0.4) is 0 Å². The van der Waals surface area contributed by atoms with Gasteiger partial charge in [-0.15, -0.1) is 0 Å². The molecule has 0 aromatic heterocycles. The number of nitrogens with one attached hydrogen (secondary N) is 2. The smallest absolute Gasteiger partial charge is 0.237 e. The van der Waals surface area contributed by atoms with Gasteiger partial charge in [-0.1, -0.05) is 55.2 Å². The van der Waals surface area contributed by atoms with Crippen molar-refractivity contribution in [2.45, 2.75) is 37.6 Å². The summed E-state index contributed by atoms with van der Waals surface area (Å²) in [5.74, 6) is -0.425. The van der Waals surface area contributed by atoms with Crippen LogP contribution >= 0.6 is 23.2 Å². The predicted molar refractivity (Wildman–Crippen MR) is 107 cm³/mol. The second kappa shape index (κ2) is 6.54. The lowest BCUT2D eigenvalue weighted by atomic mass is 9.58. The van der Waals surface area contributed by atoms with Crippen molar-refractivity contribution < 1.29 is 9.59 Å². The molecule has 0 radical (unpaired) electrons. The van der Waals surface area contributed by atoms with Gasteiger partial charge in [0.1, 0.15) is 5.41 Å². The molecule has 2 aliphatic heterocycles. The number of fused-ring (bicyclic) bond motifs is 2. The molecule has 2 aromatic rings. The van der Waals surface area contributed by atoms with Crippen LogP contribution in [-0.4, -0.2) is 17.9 Å². The van der Waals surface area contributed by atoms with Crippen LogP contribution in [-0.2, 0) is 15.0 Å². The standard InChI is InChI=1S/C21H20Cl2N2O2/c1-11(2)19-21(15-7-6-14(23)9-17(15)24-20(21)27)16(10-18(26)25-19)12-4-3-5-13(22)8-12/h3-9,11,16,19H,10H2,1-2H3,(H,24,27)(H,25,26)/t16-,19+,21-/m1/s1. The molecular formula is C21H20Cl2N2O2. The zero-order chi connectivity index (χ0) is 19.3. The van der Waals surface area contributed by atoms with E-state index in [-0.39, 0.29) is 36.1 Å². The summed E-state index contributed by atoms with van der Waals surface area (Å²) in [6.45, 7) is 4.04. The van der Waals surface area contributed by atoms with Gasteiger partial charge in [0.15, 0.2) is 0 Å². The number of hydrogen-bond acceptors (Lipinski definition) is 2. The van der Waals surface area contributed by atoms with Crippen LogP contribution in [0, 0.1) is 5.92 Å². The van der Waals surface area contributed by atoms with E-state index < -0.39 is 5.41 Å². The zero-order valence-electron chi connectivity index (χ0n) is 15.1. The van der Waals surface area contributed by atoms with Gasteiger partial charge in [-0.2, -0.15) is 0 Å². The Kier molecular flexibility index (Phi) is 4.44. The highest BCUT2D eigenvalue weighted by atomic mass is 35.5. The number of carbonyl (C=O) groups is 2. The first-order valence-electron chi connectivity index (χ1n) is 9.00. The average molecular weight is 403 g/mol. The molecule has 0 bridgehead atoms. The number of rotatable bonds is 2. The lowest BCUT2D eigenvalue weighted by Gasteiger charge is -2.48. The van der Waals surface area contributed by atoms with E-state index in [1.807, 2.05) is 38.1 Å². The van der Waals surface area contributed by atoms with Crippen molar-refractivity contribution in [2.24, 2.45) is 5.92 Å². The van der Waals surface area contributed by atoms with Gasteiger partial charge in [-0.05, 0) is 41.3 Å². The third kappa shape index (κ3) is 2.74. The maximum Gasteiger partial charge on any atom is 0.237 e. The lowest BCUT2D eigenvalue weighted by molar-refractivity contribution is -0.132. The number of amides is 2. The summed E-state index contributed by atoms with van der Waals surface area (Å²) in [6.07, 6.45) is 0.221. The maximum absolute atomic E-state index is 13.5. The highest BCUT2D eigenvalue weighted by Crippen LogP contribution is 2.54. The Morgan fingerprint density at radius 1 is 1.07 bits per heavy atom. The molecule has 0 saturated carbocycles. The van der Waals surface area contributed by atoms with E-state index in [4.69, 9.17) is 23.2 Å². The Morgan fingerprint density at radius 2 is 1.81 bits per heavy atom. The van der Waals surface area contributed by atoms with Gasteiger partial charge >= 0.3 is 0 Å². The topological polar surface area (TPSA) is 58.2 Å². The van der Waals surface area contributed by atoms with E-state index in [0.29, 0.717) is 15.7 Å². The first-order chi connectivity index (χ1) is 12.8. The number of carbonyl (C=O) groups excluding carboxylic acids is 2. The SMILES string of the molecule is CC(C)[C@@H]1NC(=O)C[C@H](c2cccc(Cl)c2)[C@@]12C(=O)Nc1cc(Cl)ccc12. The molecule has 2 aromatic carbocycles. The van der Waals surface area contributed by atoms with Gasteiger partial charge in [0.25, 0.3) is 0 Å². The quantitative estimate of drug-likeness (QED) is 0.775. The second-order valence-electron chi connectivity index (χ2n) is 7.61. The van der Waals surface area contributed by atoms with Crippen molar-refractivity contribution in [3.63, 3.8) is 0 Å². The molecule has 0 aliphatic carbocycles. The third-order valence-electron chi connectivity index (χ3n) is 5.72. The third-order valence-corrected chi connectivity index (χ3v) is 6.19. The van der Waals surface area contributed by atoms with Gasteiger partial charge in [-0.25, -0.2) is 0 Å². The van der Waals surface area contributed by atoms with Crippen LogP contribution in [0.4, 0.5) is 5.69 Å². The van der Waals surface area contributed by atoms with Crippen molar-refractivity contribution in [1.82, 2.24) is 5.32 Å². The van der Waals surface area contributed by atoms with E-state index in [1.165, 1.54) is 0 Å². The molecule has 0 unspecified atom stereocenters. The van der Waals surface area contributed by atoms with Gasteiger partial charge < -0.3 is 10.6 Å². The molecular weight excluding hydrogens is 383 g/mol. The van der Waals surface area contributed by atoms with Crippen LogP contribution in [0.25, 0.3) is 0 Å². The number of piperidine rings is 1. The Bertz CT molecular complexity index is 944. The molecule has 6 heteroatoms. The van der Waals surface area contributed by atoms with Crippen molar-refractivity contribution in [1.29, 1.82) is 0 Å². The van der Waals surface area contributed by atoms with E-state index in [9.17, 15) is 9.59 Å². The first-order valence-corrected chi connectivity index (χ1v) is 9.76. The first kappa shape index (κ1) is 18.3. The van der Waals surface area contributed by atoms with Crippen LogP contribution in [0.5, 0.6) is 0 Å². The fraction of sp³-hybridized carbons (Fsp3) is 0.333. The summed E-state index contributed by atoms with van der Waals surface area (Å²) in [6, 6.07) is 12.6. The van der Waals surface area contributed by atoms with E-state index in [1.54, 1.807) is 18.2 Å². The molecule has 2 amide bonds. The van der Waals surface area contributed by atoms with Crippen LogP contribution in [0.2, 0.25) is 10.0 Å². The van der Waals surface area contributed by atoms with Crippen molar-refractivity contribution in [2.75, 3.05) is 5.32 Å². The molecule has 140 valence electrons. The van der Waals surface area contributed by atoms with Gasteiger partial charge in [-0.3, -0.25) is 9.59 Å². The number of hydrogen-bond donors (Lipinski definition) is 2. The number of benzene rings is 2. The normalized spacial score (nSPS) is 26.9. The minimum absolute atomic E-state index is 0.0560. The molecule has 4 rings (SSSR count). The lowest BCUT2D eigenvalue weighted by Crippen LogP contribution is -2.63. The summed E-state index contributed by atoms with van der Waals surface area (Å²) in [5, 5.41) is 7.24. The largest absolute Gasteiger partial charge is 0.352 e. The number of halogens is 2. The minimum Gasteiger partial charge on any atom is -0.352 e. The summed E-state index contributed by atoms with van der Waals surface area (Å²) in [7, 11) is 0. The molecule has 2 N–H and O–H groups in total. The molecule has 2 heterocycles. The van der Waals surface area contributed by atoms with E-state index in [0.717, 1.165) is 11.1 Å². The average Bonchev–Trinajstić information content (AvgIpc) is 2.88. The minimum atomic E-state index is -0.910. The maximum atomic E-state index is 13.5. The number of anilines is 1. The fourth-order valence-corrected chi connectivity index (χ4v) is 5.06. The van der Waals surface area contributed by atoms with E-state index >= 15 is 0 Å². The Labute approximate surface area is 168 Å². The molecule has 1 saturated heterocycles. The van der Waals surface area contributed by atoms with Crippen LogP contribution in [0.15, 0.2) is 42.5 Å². The molecule has 3 atom stereocenters. The Balaban J connectivity index is 2.00. The van der Waals surface area contributed by atoms with Crippen LogP contribution in [0.1, 0.15) is 37.3 Å². The molecule has 2 aliphatic rings. The molecule has 4 nitrogen and oxygen atoms in total. The van der Waals surface area contributed by atoms with Gasteiger partial charge in [0.05, 0.1) is 6.04 Å². The fourth-order valence-electron chi connectivity index (χ4n) is 4.69. The second-order valence-corrected chi connectivity index (χ2v) is 8.49. The van der Waals surface area contributed by atoms with Crippen molar-refractivity contribution >= 4 is 40.7 Å². The van der Waals surface area contributed by atoms with Crippen molar-refractivity contribution in [3.05, 3.63) is 63.6 Å². The monoisotopic (exact) mass is 402 g/mol. The summed E-state index contributed by atoms with van der Waals surface area (Å²) in [5.41, 5.74) is 1.56. The highest BCUT2D eigenvalue weighted by Gasteiger charge is 2.61. The highest BCUT2D eigenvalue weighted by molar-refractivity contribution is 6.31. The van der Waals surface area contributed by atoms with Gasteiger partial charge in [0, 0.05) is 28.1 Å². The van der Waals surface area contributed by atoms with Crippen molar-refractivity contribution in [3.8, 4) is 0 Å². The van der Waals surface area contributed by atoms with Gasteiger partial charge in [0.2, 0.25) is 11.8 Å². The summed E-state index contributed by atoms with van der Waals surface area (Å²) in [4.78, 5) is 26.0.